The number of fused-ring (bicyclic) bond motifs is 1. The van der Waals surface area contributed by atoms with E-state index in [1.807, 2.05) is 49.4 Å². The Morgan fingerprint density at radius 3 is 2.53 bits per heavy atom. The van der Waals surface area contributed by atoms with Crippen LogP contribution in [0.1, 0.15) is 34.6 Å². The number of carbonyl (C=O) groups excluding carboxylic acids is 1. The van der Waals surface area contributed by atoms with E-state index in [0.717, 1.165) is 47.6 Å². The predicted octanol–water partition coefficient (Wildman–Crippen LogP) is 5.83. The van der Waals surface area contributed by atoms with E-state index in [1.54, 1.807) is 6.08 Å². The number of phenolic OH excluding ortho intramolecular Hbond substituents is 1. The van der Waals surface area contributed by atoms with Crippen LogP contribution in [0.2, 0.25) is 0 Å². The first-order valence-corrected chi connectivity index (χ1v) is 12.4. The molecule has 0 saturated heterocycles. The molecule has 4 rings (SSSR count). The van der Waals surface area contributed by atoms with Crippen LogP contribution >= 0.6 is 0 Å². The van der Waals surface area contributed by atoms with Crippen molar-refractivity contribution in [1.29, 1.82) is 0 Å². The van der Waals surface area contributed by atoms with Gasteiger partial charge in [0.25, 0.3) is 0 Å². The number of hydrogen-bond donors (Lipinski definition) is 1. The number of aryl methyl sites for hydroxylation is 2. The van der Waals surface area contributed by atoms with Crippen LogP contribution in [-0.2, 0) is 6.54 Å². The van der Waals surface area contributed by atoms with Crippen LogP contribution in [0.25, 0.3) is 17.1 Å². The van der Waals surface area contributed by atoms with Crippen molar-refractivity contribution in [2.75, 3.05) is 27.9 Å². The fourth-order valence-corrected chi connectivity index (χ4v) is 4.38. The van der Waals surface area contributed by atoms with Crippen LogP contribution in [0.5, 0.6) is 28.7 Å². The van der Waals surface area contributed by atoms with E-state index in [2.05, 4.69) is 15.6 Å². The van der Waals surface area contributed by atoms with Gasteiger partial charge in [0, 0.05) is 12.6 Å². The number of phenols is 1. The minimum absolute atomic E-state index is 0.00490. The van der Waals surface area contributed by atoms with E-state index in [4.69, 9.17) is 18.9 Å². The molecule has 0 radical (unpaired) electrons. The summed E-state index contributed by atoms with van der Waals surface area (Å²) in [6, 6.07) is 17.0. The number of benzene rings is 3. The lowest BCUT2D eigenvalue weighted by molar-refractivity contribution is 0.104. The number of para-hydroxylation sites is 2. The number of rotatable bonds is 12. The van der Waals surface area contributed by atoms with Gasteiger partial charge in [-0.05, 0) is 55.7 Å². The van der Waals surface area contributed by atoms with E-state index < -0.39 is 5.78 Å². The zero-order valence-electron chi connectivity index (χ0n) is 22.1. The molecule has 38 heavy (non-hydrogen) atoms. The zero-order chi connectivity index (χ0) is 27.1. The van der Waals surface area contributed by atoms with Gasteiger partial charge in [0.1, 0.15) is 22.9 Å². The molecule has 0 fully saturated rings. The number of imidazole rings is 1. The fourth-order valence-electron chi connectivity index (χ4n) is 4.38. The molecule has 4 aromatic rings. The molecule has 0 aliphatic heterocycles. The molecule has 0 atom stereocenters. The lowest BCUT2D eigenvalue weighted by Crippen LogP contribution is -2.04. The summed E-state index contributed by atoms with van der Waals surface area (Å²) in [5.41, 5.74) is 2.95. The number of allylic oxidation sites excluding steroid dienone is 1. The lowest BCUT2D eigenvalue weighted by atomic mass is 10.0. The third-order valence-electron chi connectivity index (χ3n) is 6.23. The minimum Gasteiger partial charge on any atom is -0.507 e. The topological polar surface area (TPSA) is 92.0 Å². The van der Waals surface area contributed by atoms with Crippen LogP contribution in [0, 0.1) is 6.92 Å². The maximum Gasteiger partial charge on any atom is 0.204 e. The molecule has 1 N–H and O–H groups in total. The van der Waals surface area contributed by atoms with Gasteiger partial charge in [-0.25, -0.2) is 4.98 Å². The van der Waals surface area contributed by atoms with Crippen molar-refractivity contribution in [2.45, 2.75) is 26.3 Å². The van der Waals surface area contributed by atoms with Crippen molar-refractivity contribution in [3.63, 3.8) is 0 Å². The highest BCUT2D eigenvalue weighted by atomic mass is 16.5. The number of nitrogens with zero attached hydrogens (tertiary/aromatic N) is 2. The summed E-state index contributed by atoms with van der Waals surface area (Å²) >= 11 is 0. The molecule has 3 aromatic carbocycles. The maximum atomic E-state index is 13.0. The van der Waals surface area contributed by atoms with Crippen molar-refractivity contribution in [2.24, 2.45) is 0 Å². The third kappa shape index (κ3) is 5.75. The van der Waals surface area contributed by atoms with Crippen molar-refractivity contribution in [1.82, 2.24) is 9.55 Å². The van der Waals surface area contributed by atoms with E-state index in [9.17, 15) is 9.90 Å². The van der Waals surface area contributed by atoms with E-state index in [1.165, 1.54) is 33.5 Å². The number of ether oxygens (including phenoxy) is 4. The number of aromatic nitrogens is 2. The molecular formula is C30H32N2O6. The Morgan fingerprint density at radius 2 is 1.76 bits per heavy atom. The molecule has 8 heteroatoms. The van der Waals surface area contributed by atoms with Crippen LogP contribution in [-0.4, -0.2) is 48.4 Å². The number of hydrogen-bond acceptors (Lipinski definition) is 7. The molecule has 198 valence electrons. The van der Waals surface area contributed by atoms with Gasteiger partial charge in [-0.1, -0.05) is 30.3 Å². The number of methoxy groups -OCH3 is 3. The van der Waals surface area contributed by atoms with Crippen molar-refractivity contribution >= 4 is 22.9 Å². The summed E-state index contributed by atoms with van der Waals surface area (Å²) in [7, 11) is 4.28. The predicted molar refractivity (Wildman–Crippen MR) is 147 cm³/mol. The Morgan fingerprint density at radius 1 is 0.974 bits per heavy atom. The van der Waals surface area contributed by atoms with Gasteiger partial charge in [0.2, 0.25) is 5.75 Å². The highest BCUT2D eigenvalue weighted by molar-refractivity contribution is 6.11. The molecule has 0 saturated carbocycles. The quantitative estimate of drug-likeness (QED) is 0.144. The molecule has 0 spiro atoms. The lowest BCUT2D eigenvalue weighted by Gasteiger charge is -2.15. The van der Waals surface area contributed by atoms with E-state index in [-0.39, 0.29) is 28.6 Å². The summed E-state index contributed by atoms with van der Waals surface area (Å²) in [4.78, 5) is 17.6. The number of unbranched alkanes of at least 4 members (excludes halogenated alkanes) is 1. The molecule has 0 unspecified atom stereocenters. The Balaban J connectivity index is 1.36. The normalized spacial score (nSPS) is 11.2. The van der Waals surface area contributed by atoms with Crippen LogP contribution < -0.4 is 18.9 Å². The SMILES string of the molecule is COc1cc(O)c(C(=O)/C=C/c2cccc(OCCCCn3c(C)nc4ccccc43)c2)c(OC)c1OC. The smallest absolute Gasteiger partial charge is 0.204 e. The molecule has 0 aliphatic rings. The molecule has 0 bridgehead atoms. The second-order valence-corrected chi connectivity index (χ2v) is 8.66. The summed E-state index contributed by atoms with van der Waals surface area (Å²) in [6.07, 6.45) is 4.90. The number of ketones is 1. The van der Waals surface area contributed by atoms with Gasteiger partial charge in [0.15, 0.2) is 17.3 Å². The molecular weight excluding hydrogens is 484 g/mol. The first-order chi connectivity index (χ1) is 18.5. The first kappa shape index (κ1) is 26.6. The maximum absolute atomic E-state index is 13.0. The van der Waals surface area contributed by atoms with Gasteiger partial charge in [0.05, 0.1) is 39.0 Å². The molecule has 1 aromatic heterocycles. The standard InChI is InChI=1S/C30H32N2O6/c1-20-31-23-12-5-6-13-24(23)32(20)16-7-8-17-38-22-11-9-10-21(18-22)14-15-25(33)28-26(34)19-27(35-2)29(36-3)30(28)37-4/h5-6,9-15,18-19,34H,7-8,16-17H2,1-4H3/b15-14+. The fraction of sp³-hybridized carbons (Fsp3) is 0.267. The minimum atomic E-state index is -0.436. The Kier molecular flexibility index (Phi) is 8.53. The molecule has 1 heterocycles. The summed E-state index contributed by atoms with van der Waals surface area (Å²) in [5.74, 6) is 1.64. The summed E-state index contributed by atoms with van der Waals surface area (Å²) in [6.45, 7) is 3.49. The van der Waals surface area contributed by atoms with Crippen molar-refractivity contribution in [3.05, 3.63) is 77.6 Å². The second-order valence-electron chi connectivity index (χ2n) is 8.66. The van der Waals surface area contributed by atoms with E-state index in [0.29, 0.717) is 6.61 Å². The molecule has 0 aliphatic carbocycles. The van der Waals surface area contributed by atoms with Gasteiger partial charge in [-0.2, -0.15) is 0 Å². The number of carbonyl (C=O) groups is 1. The summed E-state index contributed by atoms with van der Waals surface area (Å²) in [5, 5.41) is 10.4. The number of aromatic hydroxyl groups is 1. The first-order valence-electron chi connectivity index (χ1n) is 12.4. The largest absolute Gasteiger partial charge is 0.507 e. The van der Waals surface area contributed by atoms with Gasteiger partial charge < -0.3 is 28.6 Å². The molecule has 8 nitrogen and oxygen atoms in total. The molecule has 0 amide bonds. The Labute approximate surface area is 222 Å². The third-order valence-corrected chi connectivity index (χ3v) is 6.23. The van der Waals surface area contributed by atoms with Crippen molar-refractivity contribution < 1.29 is 28.8 Å². The second kappa shape index (κ2) is 12.2. The highest BCUT2D eigenvalue weighted by Gasteiger charge is 2.24. The highest BCUT2D eigenvalue weighted by Crippen LogP contribution is 2.45. The van der Waals surface area contributed by atoms with Crippen LogP contribution in [0.15, 0.2) is 60.7 Å². The average Bonchev–Trinajstić information content (AvgIpc) is 3.25. The van der Waals surface area contributed by atoms with Gasteiger partial charge >= 0.3 is 0 Å². The average molecular weight is 517 g/mol. The van der Waals surface area contributed by atoms with E-state index >= 15 is 0 Å². The van der Waals surface area contributed by atoms with Gasteiger partial charge in [-0.15, -0.1) is 0 Å². The summed E-state index contributed by atoms with van der Waals surface area (Å²) < 4.78 is 24.1. The Bertz CT molecular complexity index is 1460. The van der Waals surface area contributed by atoms with Crippen molar-refractivity contribution in [3.8, 4) is 28.7 Å². The van der Waals surface area contributed by atoms with Crippen LogP contribution in [0.4, 0.5) is 0 Å². The Hall–Kier alpha value is -4.46. The monoisotopic (exact) mass is 516 g/mol. The zero-order valence-corrected chi connectivity index (χ0v) is 22.1. The van der Waals surface area contributed by atoms with Gasteiger partial charge in [-0.3, -0.25) is 4.79 Å². The van der Waals surface area contributed by atoms with Crippen LogP contribution in [0.3, 0.4) is 0 Å².